The molecule has 0 radical (unpaired) electrons. The van der Waals surface area contributed by atoms with Gasteiger partial charge in [0.2, 0.25) is 5.91 Å². The molecule has 1 amide bonds. The summed E-state index contributed by atoms with van der Waals surface area (Å²) < 4.78 is 43.2. The number of imidazole rings is 1. The molecule has 0 spiro atoms. The number of nitrogens with zero attached hydrogens (tertiary/aromatic N) is 7. The maximum Gasteiger partial charge on any atom is 0.573 e. The molecule has 0 N–H and O–H groups in total. The Morgan fingerprint density at radius 1 is 1.02 bits per heavy atom. The topological polar surface area (TPSA) is 97.9 Å². The lowest BCUT2D eigenvalue weighted by atomic mass is 10.0. The lowest BCUT2D eigenvalue weighted by molar-refractivity contribution is -0.274. The fourth-order valence-electron chi connectivity index (χ4n) is 4.64. The maximum atomic E-state index is 12.7. The standard InChI is InChI=1S/C29H22F3N7O2S/c1-17(2)21-5-3-4-6-23(21)39-25(40)15-42-28(39)37-35-14-18-13-33-26-22(36-18)11-12-24-27(26)34-16-38(24)19-7-9-20(10-8-19)41-29(30,31)32/h3-14,16-17H,15H2,1-2H3. The number of carbonyl (C=O) groups is 1. The normalized spacial score (nSPS) is 15.2. The predicted octanol–water partition coefficient (Wildman–Crippen LogP) is 6.46. The van der Waals surface area contributed by atoms with Gasteiger partial charge in [-0.2, -0.15) is 5.10 Å². The van der Waals surface area contributed by atoms with Gasteiger partial charge < -0.3 is 4.74 Å². The number of benzene rings is 3. The van der Waals surface area contributed by atoms with Gasteiger partial charge in [-0.15, -0.1) is 18.3 Å². The average molecular weight is 590 g/mol. The number of thioether (sulfide) groups is 1. The molecule has 212 valence electrons. The highest BCUT2D eigenvalue weighted by atomic mass is 32.2. The second-order valence-electron chi connectivity index (χ2n) is 9.61. The van der Waals surface area contributed by atoms with Crippen LogP contribution in [-0.2, 0) is 4.79 Å². The summed E-state index contributed by atoms with van der Waals surface area (Å²) >= 11 is 1.33. The van der Waals surface area contributed by atoms with Crippen molar-refractivity contribution in [3.8, 4) is 11.4 Å². The number of carbonyl (C=O) groups excluding carboxylic acids is 1. The van der Waals surface area contributed by atoms with Crippen LogP contribution < -0.4 is 9.64 Å². The highest BCUT2D eigenvalue weighted by Crippen LogP contribution is 2.33. The molecule has 2 aromatic heterocycles. The summed E-state index contributed by atoms with van der Waals surface area (Å²) in [7, 11) is 0. The van der Waals surface area contributed by atoms with Crippen LogP contribution in [0.2, 0.25) is 0 Å². The third-order valence-corrected chi connectivity index (χ3v) is 7.41. The van der Waals surface area contributed by atoms with Gasteiger partial charge in [-0.05, 0) is 53.9 Å². The summed E-state index contributed by atoms with van der Waals surface area (Å²) in [4.78, 5) is 27.9. The van der Waals surface area contributed by atoms with E-state index in [1.165, 1.54) is 42.2 Å². The Morgan fingerprint density at radius 3 is 2.57 bits per heavy atom. The molecule has 9 nitrogen and oxygen atoms in total. The number of aromatic nitrogens is 4. The second-order valence-corrected chi connectivity index (χ2v) is 10.6. The van der Waals surface area contributed by atoms with Gasteiger partial charge in [0.25, 0.3) is 0 Å². The fourth-order valence-corrected chi connectivity index (χ4v) is 5.46. The Hall–Kier alpha value is -4.78. The summed E-state index contributed by atoms with van der Waals surface area (Å²) in [6.45, 7) is 4.15. The minimum absolute atomic E-state index is 0.0541. The van der Waals surface area contributed by atoms with Crippen molar-refractivity contribution in [1.29, 1.82) is 0 Å². The number of alkyl halides is 3. The first-order valence-electron chi connectivity index (χ1n) is 12.8. The quantitative estimate of drug-likeness (QED) is 0.167. The molecular formula is C29H22F3N7O2S. The lowest BCUT2D eigenvalue weighted by Crippen LogP contribution is -2.30. The number of para-hydroxylation sites is 1. The van der Waals surface area contributed by atoms with Gasteiger partial charge in [0.05, 0.1) is 34.9 Å². The zero-order valence-corrected chi connectivity index (χ0v) is 23.1. The van der Waals surface area contributed by atoms with E-state index in [4.69, 9.17) is 0 Å². The molecule has 1 aliphatic heterocycles. The molecule has 3 heterocycles. The van der Waals surface area contributed by atoms with Crippen LogP contribution >= 0.6 is 11.8 Å². The Balaban J connectivity index is 1.25. The molecule has 0 bridgehead atoms. The molecule has 0 atom stereocenters. The van der Waals surface area contributed by atoms with Crippen molar-refractivity contribution in [2.45, 2.75) is 26.1 Å². The van der Waals surface area contributed by atoms with Crippen molar-refractivity contribution < 1.29 is 22.7 Å². The highest BCUT2D eigenvalue weighted by molar-refractivity contribution is 8.15. The van der Waals surface area contributed by atoms with E-state index in [0.29, 0.717) is 38.6 Å². The molecule has 1 fully saturated rings. The summed E-state index contributed by atoms with van der Waals surface area (Å²) in [5.74, 6) is 0.151. The monoisotopic (exact) mass is 589 g/mol. The van der Waals surface area contributed by atoms with Crippen LogP contribution in [-0.4, -0.2) is 48.9 Å². The molecule has 1 aliphatic rings. The Morgan fingerprint density at radius 2 is 1.81 bits per heavy atom. The van der Waals surface area contributed by atoms with Gasteiger partial charge in [0, 0.05) is 5.69 Å². The summed E-state index contributed by atoms with van der Waals surface area (Å²) in [5.41, 5.74) is 5.35. The van der Waals surface area contributed by atoms with Crippen LogP contribution in [0.3, 0.4) is 0 Å². The first kappa shape index (κ1) is 27.4. The van der Waals surface area contributed by atoms with Crippen LogP contribution in [0.25, 0.3) is 27.8 Å². The minimum atomic E-state index is -4.76. The number of rotatable bonds is 6. The number of ether oxygens (including phenoxy) is 1. The largest absolute Gasteiger partial charge is 0.573 e. The lowest BCUT2D eigenvalue weighted by Gasteiger charge is -2.20. The van der Waals surface area contributed by atoms with E-state index in [9.17, 15) is 18.0 Å². The maximum absolute atomic E-state index is 12.7. The SMILES string of the molecule is CC(C)c1ccccc1N1C(=O)CSC1=NN=Cc1cnc2c(ccc3c2ncn3-c2ccc(OC(F)(F)F)cc2)n1. The van der Waals surface area contributed by atoms with E-state index in [1.807, 2.05) is 30.3 Å². The first-order valence-corrected chi connectivity index (χ1v) is 13.8. The van der Waals surface area contributed by atoms with Crippen molar-refractivity contribution >= 4 is 56.8 Å². The van der Waals surface area contributed by atoms with E-state index in [2.05, 4.69) is 43.7 Å². The molecule has 5 aromatic rings. The van der Waals surface area contributed by atoms with E-state index in [-0.39, 0.29) is 23.3 Å². The number of anilines is 1. The Labute approximate surface area is 241 Å². The molecule has 13 heteroatoms. The molecular weight excluding hydrogens is 567 g/mol. The minimum Gasteiger partial charge on any atom is -0.406 e. The zero-order valence-electron chi connectivity index (χ0n) is 22.3. The predicted molar refractivity (Wildman–Crippen MR) is 156 cm³/mol. The van der Waals surface area contributed by atoms with Crippen LogP contribution in [0.15, 0.2) is 83.4 Å². The summed E-state index contributed by atoms with van der Waals surface area (Å²) in [5, 5.41) is 9.00. The second kappa shape index (κ2) is 10.9. The van der Waals surface area contributed by atoms with Crippen molar-refractivity contribution in [3.63, 3.8) is 0 Å². The highest BCUT2D eigenvalue weighted by Gasteiger charge is 2.32. The smallest absolute Gasteiger partial charge is 0.406 e. The van der Waals surface area contributed by atoms with Crippen molar-refractivity contribution in [2.75, 3.05) is 10.7 Å². The summed E-state index contributed by atoms with van der Waals surface area (Å²) in [6.07, 6.45) is -0.165. The van der Waals surface area contributed by atoms with E-state index < -0.39 is 6.36 Å². The van der Waals surface area contributed by atoms with Crippen molar-refractivity contribution in [1.82, 2.24) is 19.5 Å². The molecule has 3 aromatic carbocycles. The van der Waals surface area contributed by atoms with Gasteiger partial charge in [-0.1, -0.05) is 43.8 Å². The van der Waals surface area contributed by atoms with Crippen LogP contribution in [0.1, 0.15) is 31.0 Å². The molecule has 0 saturated carbocycles. The van der Waals surface area contributed by atoms with E-state index in [1.54, 1.807) is 28.1 Å². The summed E-state index contributed by atoms with van der Waals surface area (Å²) in [6, 6.07) is 16.9. The average Bonchev–Trinajstić information content (AvgIpc) is 3.56. The van der Waals surface area contributed by atoms with Gasteiger partial charge >= 0.3 is 6.36 Å². The zero-order chi connectivity index (χ0) is 29.4. The Bertz CT molecular complexity index is 1870. The number of fused-ring (bicyclic) bond motifs is 3. The third-order valence-electron chi connectivity index (χ3n) is 6.49. The van der Waals surface area contributed by atoms with E-state index in [0.717, 1.165) is 11.3 Å². The number of amidine groups is 1. The van der Waals surface area contributed by atoms with Crippen molar-refractivity contribution in [2.24, 2.45) is 10.2 Å². The van der Waals surface area contributed by atoms with Gasteiger partial charge in [-0.3, -0.25) is 14.3 Å². The van der Waals surface area contributed by atoms with Crippen LogP contribution in [0, 0.1) is 0 Å². The molecule has 0 aliphatic carbocycles. The first-order chi connectivity index (χ1) is 20.2. The molecule has 6 rings (SSSR count). The van der Waals surface area contributed by atoms with Gasteiger partial charge in [-0.25, -0.2) is 15.0 Å². The molecule has 0 unspecified atom stereocenters. The Kier molecular flexibility index (Phi) is 7.11. The number of amides is 1. The van der Waals surface area contributed by atoms with Gasteiger partial charge in [0.15, 0.2) is 5.17 Å². The third kappa shape index (κ3) is 5.42. The molecule has 42 heavy (non-hydrogen) atoms. The van der Waals surface area contributed by atoms with Crippen LogP contribution in [0.4, 0.5) is 18.9 Å². The van der Waals surface area contributed by atoms with Crippen molar-refractivity contribution in [3.05, 3.63) is 84.4 Å². The van der Waals surface area contributed by atoms with E-state index >= 15 is 0 Å². The van der Waals surface area contributed by atoms with Crippen LogP contribution in [0.5, 0.6) is 5.75 Å². The number of hydrogen-bond acceptors (Lipinski definition) is 8. The fraction of sp³-hybridized carbons (Fsp3) is 0.172. The molecule has 1 saturated heterocycles. The number of halogens is 3. The van der Waals surface area contributed by atoms with Gasteiger partial charge in [0.1, 0.15) is 28.8 Å². The number of hydrogen-bond donors (Lipinski definition) is 0.